The molecule has 1 fully saturated rings. The van der Waals surface area contributed by atoms with Crippen molar-refractivity contribution in [3.63, 3.8) is 0 Å². The zero-order valence-electron chi connectivity index (χ0n) is 12.5. The molecule has 2 rings (SSSR count). The van der Waals surface area contributed by atoms with E-state index >= 15 is 0 Å². The third-order valence-electron chi connectivity index (χ3n) is 4.65. The predicted octanol–water partition coefficient (Wildman–Crippen LogP) is 6.09. The molecule has 1 aliphatic rings. The molecule has 108 valence electrons. The quantitative estimate of drug-likeness (QED) is 0.454. The summed E-state index contributed by atoms with van der Waals surface area (Å²) in [5.74, 6) is 4.69. The Morgan fingerprint density at radius 1 is 1.10 bits per heavy atom. The summed E-state index contributed by atoms with van der Waals surface area (Å²) in [7, 11) is 0. The molecule has 1 saturated carbocycles. The molecule has 20 heavy (non-hydrogen) atoms. The van der Waals surface area contributed by atoms with Crippen molar-refractivity contribution >= 4 is 11.6 Å². The fraction of sp³-hybridized carbons (Fsp3) is 0.579. The first-order valence-electron chi connectivity index (χ1n) is 8.05. The molecule has 0 aromatic heterocycles. The zero-order valence-corrected chi connectivity index (χ0v) is 13.3. The van der Waals surface area contributed by atoms with E-state index < -0.39 is 0 Å². The lowest BCUT2D eigenvalue weighted by Crippen LogP contribution is -2.14. The molecule has 0 nitrogen and oxygen atoms in total. The molecule has 0 aliphatic heterocycles. The summed E-state index contributed by atoms with van der Waals surface area (Å²) in [5.41, 5.74) is 2.53. The van der Waals surface area contributed by atoms with Gasteiger partial charge in [0.05, 0.1) is 0 Å². The number of hydrogen-bond acceptors (Lipinski definition) is 0. The average Bonchev–Trinajstić information content (AvgIpc) is 2.49. The molecule has 1 heteroatoms. The second kappa shape index (κ2) is 8.38. The van der Waals surface area contributed by atoms with Crippen LogP contribution in [0.3, 0.4) is 0 Å². The molecule has 1 aliphatic carbocycles. The monoisotopic (exact) mass is 288 g/mol. The van der Waals surface area contributed by atoms with Gasteiger partial charge in [-0.05, 0) is 66.7 Å². The lowest BCUT2D eigenvalue weighted by molar-refractivity contribution is 0.302. The van der Waals surface area contributed by atoms with Crippen molar-refractivity contribution < 1.29 is 0 Å². The van der Waals surface area contributed by atoms with Crippen LogP contribution in [0.2, 0.25) is 0 Å². The third-order valence-corrected chi connectivity index (χ3v) is 4.74. The largest absolute Gasteiger partial charge is 0.0654 e. The van der Waals surface area contributed by atoms with E-state index in [0.29, 0.717) is 5.92 Å². The van der Waals surface area contributed by atoms with Crippen LogP contribution in [0.1, 0.15) is 75.3 Å². The second-order valence-corrected chi connectivity index (χ2v) is 6.21. The van der Waals surface area contributed by atoms with Gasteiger partial charge in [-0.2, -0.15) is 0 Å². The van der Waals surface area contributed by atoms with Crippen molar-refractivity contribution in [2.24, 2.45) is 5.92 Å². The summed E-state index contributed by atoms with van der Waals surface area (Å²) in [4.78, 5) is 0. The Morgan fingerprint density at radius 3 is 2.55 bits per heavy atom. The molecule has 0 spiro atoms. The minimum atomic E-state index is 0.686. The van der Waals surface area contributed by atoms with Crippen LogP contribution >= 0.6 is 11.6 Å². The van der Waals surface area contributed by atoms with Gasteiger partial charge in [0.25, 0.3) is 0 Å². The number of unbranched alkanes of at least 4 members (excludes halogenated alkanes) is 2. The number of rotatable bonds is 5. The first-order valence-corrected chi connectivity index (χ1v) is 8.43. The minimum absolute atomic E-state index is 0.686. The van der Waals surface area contributed by atoms with E-state index in [4.69, 9.17) is 11.6 Å². The smallest absolute Gasteiger partial charge is 0.0292 e. The molecule has 1 aromatic carbocycles. The number of benzene rings is 1. The van der Waals surface area contributed by atoms with E-state index in [1.54, 1.807) is 0 Å². The molecule has 1 aromatic rings. The van der Waals surface area contributed by atoms with Crippen LogP contribution in [0.4, 0.5) is 0 Å². The van der Waals surface area contributed by atoms with Gasteiger partial charge in [0, 0.05) is 10.9 Å². The molecule has 0 heterocycles. The fourth-order valence-corrected chi connectivity index (χ4v) is 3.56. The molecule has 0 unspecified atom stereocenters. The van der Waals surface area contributed by atoms with Crippen LogP contribution < -0.4 is 0 Å². The summed E-state index contributed by atoms with van der Waals surface area (Å²) in [6.07, 6.45) is 11.0. The Labute approximate surface area is 128 Å². The number of hydrogen-bond donors (Lipinski definition) is 0. The molecular weight excluding hydrogens is 264 g/mol. The van der Waals surface area contributed by atoms with E-state index in [1.165, 1.54) is 56.9 Å². The molecule has 0 radical (unpaired) electrons. The normalized spacial score (nSPS) is 22.1. The van der Waals surface area contributed by atoms with Crippen molar-refractivity contribution in [1.82, 2.24) is 0 Å². The van der Waals surface area contributed by atoms with Gasteiger partial charge in [-0.1, -0.05) is 50.8 Å². The molecule has 0 N–H and O–H groups in total. The maximum atomic E-state index is 5.58. The highest BCUT2D eigenvalue weighted by molar-refractivity contribution is 6.30. The van der Waals surface area contributed by atoms with Crippen molar-refractivity contribution in [1.29, 1.82) is 0 Å². The Bertz CT molecular complexity index is 458. The van der Waals surface area contributed by atoms with E-state index in [-0.39, 0.29) is 0 Å². The molecular formula is C19H25Cl. The first kappa shape index (κ1) is 15.5. The Hall–Kier alpha value is -0.930. The molecule has 0 amide bonds. The van der Waals surface area contributed by atoms with Gasteiger partial charge in [-0.25, -0.2) is 0 Å². The SMILES string of the molecule is CCCCC[C@H]1CC[C@H](c2ccccc2C#CCl)CC1. The van der Waals surface area contributed by atoms with Crippen molar-refractivity contribution in [2.45, 2.75) is 64.2 Å². The van der Waals surface area contributed by atoms with E-state index in [9.17, 15) is 0 Å². The van der Waals surface area contributed by atoms with Crippen LogP contribution in [-0.4, -0.2) is 0 Å². The fourth-order valence-electron chi connectivity index (χ4n) is 3.46. The maximum absolute atomic E-state index is 5.58. The van der Waals surface area contributed by atoms with E-state index in [1.807, 2.05) is 0 Å². The van der Waals surface area contributed by atoms with Crippen LogP contribution in [0, 0.1) is 17.2 Å². The summed E-state index contributed by atoms with van der Waals surface area (Å²) in [6, 6.07) is 8.51. The van der Waals surface area contributed by atoms with Gasteiger partial charge < -0.3 is 0 Å². The van der Waals surface area contributed by atoms with Crippen LogP contribution in [0.15, 0.2) is 24.3 Å². The molecule has 0 bridgehead atoms. The van der Waals surface area contributed by atoms with Crippen molar-refractivity contribution in [3.05, 3.63) is 35.4 Å². The highest BCUT2D eigenvalue weighted by Gasteiger charge is 2.23. The van der Waals surface area contributed by atoms with Gasteiger partial charge in [0.2, 0.25) is 0 Å². The molecule has 0 saturated heterocycles. The van der Waals surface area contributed by atoms with Crippen LogP contribution in [-0.2, 0) is 0 Å². The lowest BCUT2D eigenvalue weighted by atomic mass is 9.76. The molecule has 0 atom stereocenters. The maximum Gasteiger partial charge on any atom is 0.0292 e. The third kappa shape index (κ3) is 4.29. The lowest BCUT2D eigenvalue weighted by Gasteiger charge is -2.29. The van der Waals surface area contributed by atoms with Gasteiger partial charge in [-0.15, -0.1) is 0 Å². The van der Waals surface area contributed by atoms with Crippen LogP contribution in [0.25, 0.3) is 0 Å². The Morgan fingerprint density at radius 2 is 1.85 bits per heavy atom. The summed E-state index contributed by atoms with van der Waals surface area (Å²) in [5, 5.41) is 2.53. The average molecular weight is 289 g/mol. The first-order chi connectivity index (χ1) is 9.85. The summed E-state index contributed by atoms with van der Waals surface area (Å²) in [6.45, 7) is 2.28. The standard InChI is InChI=1S/C19H25Cl/c1-2-3-4-7-16-10-12-18(13-11-16)19-9-6-5-8-17(19)14-15-20/h5-6,8-9,16,18H,2-4,7,10-13H2,1H3/t16-,18-. The summed E-state index contributed by atoms with van der Waals surface area (Å²) < 4.78 is 0. The Balaban J connectivity index is 1.91. The van der Waals surface area contributed by atoms with Gasteiger partial charge in [0.1, 0.15) is 0 Å². The summed E-state index contributed by atoms with van der Waals surface area (Å²) >= 11 is 5.58. The second-order valence-electron chi connectivity index (χ2n) is 6.02. The predicted molar refractivity (Wildman–Crippen MR) is 88.0 cm³/mol. The Kier molecular flexibility index (Phi) is 6.48. The van der Waals surface area contributed by atoms with E-state index in [2.05, 4.69) is 42.5 Å². The highest BCUT2D eigenvalue weighted by Crippen LogP contribution is 2.38. The highest BCUT2D eigenvalue weighted by atomic mass is 35.5. The number of halogens is 1. The van der Waals surface area contributed by atoms with Crippen LogP contribution in [0.5, 0.6) is 0 Å². The van der Waals surface area contributed by atoms with Gasteiger partial charge in [0.15, 0.2) is 0 Å². The van der Waals surface area contributed by atoms with Crippen molar-refractivity contribution in [3.8, 4) is 11.3 Å². The zero-order chi connectivity index (χ0) is 14.2. The van der Waals surface area contributed by atoms with Gasteiger partial charge in [-0.3, -0.25) is 0 Å². The van der Waals surface area contributed by atoms with Crippen molar-refractivity contribution in [2.75, 3.05) is 0 Å². The van der Waals surface area contributed by atoms with E-state index in [0.717, 1.165) is 11.5 Å². The topological polar surface area (TPSA) is 0 Å². The minimum Gasteiger partial charge on any atom is -0.0654 e. The van der Waals surface area contributed by atoms with Gasteiger partial charge >= 0.3 is 0 Å².